The van der Waals surface area contributed by atoms with Crippen molar-refractivity contribution < 1.29 is 9.90 Å². The Morgan fingerprint density at radius 1 is 1.56 bits per heavy atom. The molecule has 0 aromatic carbocycles. The fourth-order valence-electron chi connectivity index (χ4n) is 2.48. The largest absolute Gasteiger partial charge is 0.477 e. The molecule has 6 heteroatoms. The van der Waals surface area contributed by atoms with Crippen LogP contribution in [0, 0.1) is 0 Å². The van der Waals surface area contributed by atoms with Gasteiger partial charge >= 0.3 is 5.97 Å². The quantitative estimate of drug-likeness (QED) is 0.859. The Balaban J connectivity index is 2.32. The minimum absolute atomic E-state index is 0.487. The molecular formula is C12H12N2O2S2. The molecule has 94 valence electrons. The fourth-order valence-corrected chi connectivity index (χ4v) is 4.41. The summed E-state index contributed by atoms with van der Waals surface area (Å²) < 4.78 is 2.93. The second-order valence-corrected chi connectivity index (χ2v) is 6.32. The number of thioether (sulfide) groups is 1. The van der Waals surface area contributed by atoms with Crippen LogP contribution in [0.25, 0.3) is 11.3 Å². The number of carboxylic acid groups (broad SMARTS) is 1. The standard InChI is InChI=1S/C12H12N2O2S2/c1-14-9-6(5-13-14)3-4-7-8(9)12(17-2)18-10(7)11(15)16/h5H,3-4H2,1-2H3,(H,15,16). The van der Waals surface area contributed by atoms with Crippen LogP contribution < -0.4 is 0 Å². The molecule has 0 amide bonds. The van der Waals surface area contributed by atoms with Crippen LogP contribution in [0.4, 0.5) is 0 Å². The Hall–Kier alpha value is -1.27. The summed E-state index contributed by atoms with van der Waals surface area (Å²) in [7, 11) is 1.91. The van der Waals surface area contributed by atoms with Gasteiger partial charge in [0.05, 0.1) is 16.1 Å². The van der Waals surface area contributed by atoms with Crippen LogP contribution in [0.1, 0.15) is 20.8 Å². The molecule has 0 unspecified atom stereocenters. The SMILES string of the molecule is CSc1sc(C(=O)O)c2c1-c1c(cnn1C)CC2. The van der Waals surface area contributed by atoms with E-state index in [1.165, 1.54) is 16.9 Å². The third kappa shape index (κ3) is 1.52. The number of fused-ring (bicyclic) bond motifs is 3. The molecule has 2 aromatic rings. The van der Waals surface area contributed by atoms with E-state index in [1.54, 1.807) is 11.8 Å². The van der Waals surface area contributed by atoms with Crippen molar-refractivity contribution in [3.63, 3.8) is 0 Å². The van der Waals surface area contributed by atoms with E-state index in [0.717, 1.165) is 33.9 Å². The van der Waals surface area contributed by atoms with Gasteiger partial charge in [0.15, 0.2) is 0 Å². The van der Waals surface area contributed by atoms with Gasteiger partial charge in [-0.15, -0.1) is 23.1 Å². The van der Waals surface area contributed by atoms with Crippen LogP contribution in [-0.2, 0) is 19.9 Å². The summed E-state index contributed by atoms with van der Waals surface area (Å²) in [4.78, 5) is 11.8. The van der Waals surface area contributed by atoms with Crippen LogP contribution in [-0.4, -0.2) is 27.1 Å². The minimum Gasteiger partial charge on any atom is -0.477 e. The molecule has 0 radical (unpaired) electrons. The second kappa shape index (κ2) is 4.13. The van der Waals surface area contributed by atoms with E-state index in [9.17, 15) is 9.90 Å². The molecule has 0 atom stereocenters. The molecule has 0 bridgehead atoms. The number of carbonyl (C=O) groups is 1. The van der Waals surface area contributed by atoms with E-state index in [-0.39, 0.29) is 0 Å². The molecule has 4 nitrogen and oxygen atoms in total. The molecule has 1 aliphatic rings. The van der Waals surface area contributed by atoms with Gasteiger partial charge in [0.2, 0.25) is 0 Å². The number of hydrogen-bond donors (Lipinski definition) is 1. The predicted octanol–water partition coefficient (Wildman–Crippen LogP) is 2.67. The van der Waals surface area contributed by atoms with Crippen molar-refractivity contribution in [3.8, 4) is 11.3 Å². The number of rotatable bonds is 2. The first-order valence-corrected chi connectivity index (χ1v) is 7.61. The van der Waals surface area contributed by atoms with Crippen molar-refractivity contribution in [2.24, 2.45) is 7.05 Å². The number of aromatic nitrogens is 2. The lowest BCUT2D eigenvalue weighted by Crippen LogP contribution is -2.07. The molecule has 0 aliphatic heterocycles. The predicted molar refractivity (Wildman–Crippen MR) is 72.7 cm³/mol. The summed E-state index contributed by atoms with van der Waals surface area (Å²) in [6.07, 6.45) is 5.55. The van der Waals surface area contributed by atoms with Crippen molar-refractivity contribution in [1.29, 1.82) is 0 Å². The third-order valence-corrected chi connectivity index (χ3v) is 5.59. The van der Waals surface area contributed by atoms with Gasteiger partial charge in [-0.3, -0.25) is 4.68 Å². The van der Waals surface area contributed by atoms with E-state index in [1.807, 2.05) is 24.2 Å². The van der Waals surface area contributed by atoms with Crippen LogP contribution in [0.3, 0.4) is 0 Å². The highest BCUT2D eigenvalue weighted by molar-refractivity contribution is 8.00. The molecule has 18 heavy (non-hydrogen) atoms. The summed E-state index contributed by atoms with van der Waals surface area (Å²) in [5.74, 6) is -0.817. The van der Waals surface area contributed by atoms with Gasteiger partial charge in [-0.25, -0.2) is 4.79 Å². The van der Waals surface area contributed by atoms with Crippen molar-refractivity contribution >= 4 is 29.1 Å². The Kier molecular flexibility index (Phi) is 2.71. The maximum Gasteiger partial charge on any atom is 0.346 e. The van der Waals surface area contributed by atoms with E-state index < -0.39 is 5.97 Å². The Morgan fingerprint density at radius 2 is 2.33 bits per heavy atom. The Bertz CT molecular complexity index is 643. The van der Waals surface area contributed by atoms with Crippen molar-refractivity contribution in [1.82, 2.24) is 9.78 Å². The van der Waals surface area contributed by atoms with Gasteiger partial charge in [0.1, 0.15) is 4.88 Å². The van der Waals surface area contributed by atoms with Crippen molar-refractivity contribution in [3.05, 3.63) is 22.2 Å². The number of aryl methyl sites for hydroxylation is 2. The zero-order valence-corrected chi connectivity index (χ0v) is 11.7. The van der Waals surface area contributed by atoms with Gasteiger partial charge in [-0.2, -0.15) is 5.10 Å². The zero-order chi connectivity index (χ0) is 12.9. The van der Waals surface area contributed by atoms with Crippen molar-refractivity contribution in [2.45, 2.75) is 17.1 Å². The smallest absolute Gasteiger partial charge is 0.346 e. The average molecular weight is 280 g/mol. The molecular weight excluding hydrogens is 268 g/mol. The van der Waals surface area contributed by atoms with Gasteiger partial charge in [0, 0.05) is 12.6 Å². The fraction of sp³-hybridized carbons (Fsp3) is 0.333. The van der Waals surface area contributed by atoms with Gasteiger partial charge in [0.25, 0.3) is 0 Å². The maximum atomic E-state index is 11.3. The Morgan fingerprint density at radius 3 is 3.00 bits per heavy atom. The molecule has 0 saturated carbocycles. The van der Waals surface area contributed by atoms with Gasteiger partial charge in [-0.05, 0) is 30.2 Å². The molecule has 3 rings (SSSR count). The number of aromatic carboxylic acids is 1. The number of thiophene rings is 1. The summed E-state index contributed by atoms with van der Waals surface area (Å²) in [6.45, 7) is 0. The first-order chi connectivity index (χ1) is 8.63. The summed E-state index contributed by atoms with van der Waals surface area (Å²) in [5.41, 5.74) is 4.37. The molecule has 2 heterocycles. The minimum atomic E-state index is -0.817. The second-order valence-electron chi connectivity index (χ2n) is 4.22. The topological polar surface area (TPSA) is 55.1 Å². The first kappa shape index (κ1) is 11.8. The number of hydrogen-bond acceptors (Lipinski definition) is 4. The van der Waals surface area contributed by atoms with E-state index >= 15 is 0 Å². The lowest BCUT2D eigenvalue weighted by atomic mass is 9.92. The van der Waals surface area contributed by atoms with Gasteiger partial charge < -0.3 is 5.11 Å². The summed E-state index contributed by atoms with van der Waals surface area (Å²) in [5, 5.41) is 13.6. The zero-order valence-electron chi connectivity index (χ0n) is 10.1. The molecule has 1 N–H and O–H groups in total. The molecule has 0 fully saturated rings. The van der Waals surface area contributed by atoms with Crippen molar-refractivity contribution in [2.75, 3.05) is 6.26 Å². The van der Waals surface area contributed by atoms with Crippen LogP contribution in [0.5, 0.6) is 0 Å². The molecule has 1 aliphatic carbocycles. The highest BCUT2D eigenvalue weighted by Gasteiger charge is 2.29. The molecule has 0 spiro atoms. The van der Waals surface area contributed by atoms with E-state index in [0.29, 0.717) is 4.88 Å². The van der Waals surface area contributed by atoms with E-state index in [4.69, 9.17) is 0 Å². The Labute approximate surface area is 113 Å². The number of carboxylic acids is 1. The lowest BCUT2D eigenvalue weighted by molar-refractivity contribution is 0.0701. The third-order valence-electron chi connectivity index (χ3n) is 3.25. The normalized spacial score (nSPS) is 13.2. The maximum absolute atomic E-state index is 11.3. The number of nitrogens with zero attached hydrogens (tertiary/aromatic N) is 2. The molecule has 0 saturated heterocycles. The summed E-state index contributed by atoms with van der Waals surface area (Å²) >= 11 is 2.99. The van der Waals surface area contributed by atoms with E-state index in [2.05, 4.69) is 5.10 Å². The van der Waals surface area contributed by atoms with Crippen LogP contribution >= 0.6 is 23.1 Å². The lowest BCUT2D eigenvalue weighted by Gasteiger charge is -2.15. The highest BCUT2D eigenvalue weighted by Crippen LogP contribution is 2.45. The highest BCUT2D eigenvalue weighted by atomic mass is 32.2. The average Bonchev–Trinajstić information content (AvgIpc) is 2.89. The van der Waals surface area contributed by atoms with Gasteiger partial charge in [-0.1, -0.05) is 0 Å². The molecule has 2 aromatic heterocycles. The first-order valence-electron chi connectivity index (χ1n) is 5.57. The van der Waals surface area contributed by atoms with Crippen LogP contribution in [0.15, 0.2) is 10.4 Å². The van der Waals surface area contributed by atoms with Crippen LogP contribution in [0.2, 0.25) is 0 Å². The monoisotopic (exact) mass is 280 g/mol. The summed E-state index contributed by atoms with van der Waals surface area (Å²) in [6, 6.07) is 0.